The van der Waals surface area contributed by atoms with Crippen LogP contribution in [0.5, 0.6) is 0 Å². The topological polar surface area (TPSA) is 0 Å². The normalized spacial score (nSPS) is 13.3. The number of rotatable bonds is 2. The van der Waals surface area contributed by atoms with Crippen LogP contribution in [0.4, 0.5) is 17.6 Å². The first kappa shape index (κ1) is 16.8. The Morgan fingerprint density at radius 3 is 2.38 bits per heavy atom. The molecule has 0 amide bonds. The molecule has 21 heavy (non-hydrogen) atoms. The van der Waals surface area contributed by atoms with Crippen molar-refractivity contribution in [2.75, 3.05) is 0 Å². The van der Waals surface area contributed by atoms with Gasteiger partial charge in [-0.3, -0.25) is 0 Å². The molecule has 2 aromatic rings. The molecular formula is C14H7Br2ClF4. The molecule has 2 aromatic carbocycles. The molecule has 0 heterocycles. The summed E-state index contributed by atoms with van der Waals surface area (Å²) in [6, 6.07) is 7.28. The first-order chi connectivity index (χ1) is 9.70. The molecule has 1 unspecified atom stereocenters. The van der Waals surface area contributed by atoms with Crippen molar-refractivity contribution in [3.63, 3.8) is 0 Å². The van der Waals surface area contributed by atoms with E-state index in [1.54, 1.807) is 0 Å². The summed E-state index contributed by atoms with van der Waals surface area (Å²) >= 11 is 12.2. The van der Waals surface area contributed by atoms with Crippen LogP contribution in [0.1, 0.15) is 21.5 Å². The van der Waals surface area contributed by atoms with Gasteiger partial charge in [-0.2, -0.15) is 13.2 Å². The second-order valence-electron chi connectivity index (χ2n) is 4.27. The van der Waals surface area contributed by atoms with Gasteiger partial charge in [-0.15, -0.1) is 0 Å². The molecule has 0 saturated carbocycles. The minimum Gasteiger partial charge on any atom is -0.207 e. The molecule has 0 N–H and O–H groups in total. The Hall–Kier alpha value is -0.590. The highest BCUT2D eigenvalue weighted by Gasteiger charge is 2.31. The highest BCUT2D eigenvalue weighted by Crippen LogP contribution is 2.38. The fourth-order valence-corrected chi connectivity index (χ4v) is 2.91. The Labute approximate surface area is 140 Å². The van der Waals surface area contributed by atoms with Crippen LogP contribution in [0, 0.1) is 5.82 Å². The first-order valence-corrected chi connectivity index (χ1v) is 7.74. The zero-order valence-electron chi connectivity index (χ0n) is 10.2. The number of halogens is 7. The van der Waals surface area contributed by atoms with E-state index < -0.39 is 22.4 Å². The van der Waals surface area contributed by atoms with Crippen molar-refractivity contribution in [2.24, 2.45) is 0 Å². The lowest BCUT2D eigenvalue weighted by Gasteiger charge is -2.15. The first-order valence-electron chi connectivity index (χ1n) is 5.66. The molecule has 0 aliphatic rings. The van der Waals surface area contributed by atoms with E-state index in [1.165, 1.54) is 24.3 Å². The molecule has 112 valence electrons. The molecular weight excluding hydrogens is 439 g/mol. The number of alkyl halides is 4. The Balaban J connectivity index is 2.45. The van der Waals surface area contributed by atoms with E-state index >= 15 is 0 Å². The second-order valence-corrected chi connectivity index (χ2v) is 6.45. The maximum Gasteiger partial charge on any atom is 0.416 e. The molecule has 0 radical (unpaired) electrons. The zero-order chi connectivity index (χ0) is 15.8. The van der Waals surface area contributed by atoms with E-state index in [-0.39, 0.29) is 10.6 Å². The van der Waals surface area contributed by atoms with Crippen molar-refractivity contribution in [2.45, 2.75) is 11.0 Å². The van der Waals surface area contributed by atoms with Gasteiger partial charge in [0.25, 0.3) is 0 Å². The zero-order valence-corrected chi connectivity index (χ0v) is 14.1. The molecule has 0 nitrogen and oxygen atoms in total. The minimum atomic E-state index is -4.45. The summed E-state index contributed by atoms with van der Waals surface area (Å²) in [6.07, 6.45) is -4.45. The smallest absolute Gasteiger partial charge is 0.207 e. The average molecular weight is 446 g/mol. The highest BCUT2D eigenvalue weighted by atomic mass is 79.9. The molecule has 7 heteroatoms. The van der Waals surface area contributed by atoms with E-state index in [4.69, 9.17) is 11.6 Å². The van der Waals surface area contributed by atoms with Crippen molar-refractivity contribution in [1.29, 1.82) is 0 Å². The van der Waals surface area contributed by atoms with Crippen LogP contribution in [0.25, 0.3) is 0 Å². The van der Waals surface area contributed by atoms with Crippen LogP contribution < -0.4 is 0 Å². The van der Waals surface area contributed by atoms with Crippen molar-refractivity contribution in [1.82, 2.24) is 0 Å². The summed E-state index contributed by atoms with van der Waals surface area (Å²) in [6.45, 7) is 0. The lowest BCUT2D eigenvalue weighted by atomic mass is 10.0. The van der Waals surface area contributed by atoms with Gasteiger partial charge >= 0.3 is 6.18 Å². The lowest BCUT2D eigenvalue weighted by molar-refractivity contribution is -0.137. The van der Waals surface area contributed by atoms with Crippen molar-refractivity contribution >= 4 is 43.5 Å². The van der Waals surface area contributed by atoms with E-state index in [1.807, 2.05) is 0 Å². The van der Waals surface area contributed by atoms with Gasteiger partial charge in [-0.1, -0.05) is 45.7 Å². The van der Waals surface area contributed by atoms with Gasteiger partial charge in [0.2, 0.25) is 0 Å². The third kappa shape index (κ3) is 3.79. The van der Waals surface area contributed by atoms with Crippen molar-refractivity contribution in [3.05, 3.63) is 68.4 Å². The van der Waals surface area contributed by atoms with Gasteiger partial charge in [-0.05, 0) is 39.7 Å². The van der Waals surface area contributed by atoms with Gasteiger partial charge in [0.05, 0.1) is 15.4 Å². The van der Waals surface area contributed by atoms with Crippen LogP contribution in [0.2, 0.25) is 5.02 Å². The third-order valence-corrected chi connectivity index (χ3v) is 5.04. The van der Waals surface area contributed by atoms with Crippen molar-refractivity contribution in [3.8, 4) is 0 Å². The molecule has 0 aliphatic carbocycles. The molecule has 1 atom stereocenters. The molecule has 0 saturated heterocycles. The number of benzene rings is 2. The number of hydrogen-bond donors (Lipinski definition) is 0. The van der Waals surface area contributed by atoms with E-state index in [2.05, 4.69) is 31.9 Å². The maximum absolute atomic E-state index is 14.0. The predicted octanol–water partition coefficient (Wildman–Crippen LogP) is 6.74. The summed E-state index contributed by atoms with van der Waals surface area (Å²) < 4.78 is 52.5. The molecule has 0 bridgehead atoms. The van der Waals surface area contributed by atoms with E-state index in [0.29, 0.717) is 10.0 Å². The SMILES string of the molecule is Fc1cc(Br)c(Cl)cc1C(Br)c1cccc(C(F)(F)F)c1. The highest BCUT2D eigenvalue weighted by molar-refractivity contribution is 9.10. The van der Waals surface area contributed by atoms with Crippen molar-refractivity contribution < 1.29 is 17.6 Å². The van der Waals surface area contributed by atoms with Crippen LogP contribution >= 0.6 is 43.5 Å². The monoisotopic (exact) mass is 444 g/mol. The predicted molar refractivity (Wildman–Crippen MR) is 81.3 cm³/mol. The Bertz CT molecular complexity index is 671. The number of hydrogen-bond acceptors (Lipinski definition) is 0. The molecule has 0 aliphatic heterocycles. The summed E-state index contributed by atoms with van der Waals surface area (Å²) in [5.74, 6) is -0.564. The van der Waals surface area contributed by atoms with Gasteiger partial charge < -0.3 is 0 Å². The largest absolute Gasteiger partial charge is 0.416 e. The standard InChI is InChI=1S/C14H7Br2ClF4/c15-10-6-12(18)9(5-11(10)17)13(16)7-2-1-3-8(4-7)14(19,20)21/h1-6,13H. The molecule has 0 spiro atoms. The second kappa shape index (κ2) is 6.26. The van der Waals surface area contributed by atoms with Crippen LogP contribution in [0.15, 0.2) is 40.9 Å². The van der Waals surface area contributed by atoms with Crippen LogP contribution in [0.3, 0.4) is 0 Å². The summed E-state index contributed by atoms with van der Waals surface area (Å²) in [4.78, 5) is -0.731. The molecule has 0 aromatic heterocycles. The maximum atomic E-state index is 14.0. The Morgan fingerprint density at radius 1 is 1.10 bits per heavy atom. The van der Waals surface area contributed by atoms with E-state index in [9.17, 15) is 17.6 Å². The van der Waals surface area contributed by atoms with Gasteiger partial charge in [0.1, 0.15) is 5.82 Å². The summed E-state index contributed by atoms with van der Waals surface area (Å²) in [5, 5.41) is 0.280. The van der Waals surface area contributed by atoms with Gasteiger partial charge in [0.15, 0.2) is 0 Å². The molecule has 2 rings (SSSR count). The van der Waals surface area contributed by atoms with Crippen LogP contribution in [-0.4, -0.2) is 0 Å². The minimum absolute atomic E-state index is 0.169. The average Bonchev–Trinajstić information content (AvgIpc) is 2.41. The van der Waals surface area contributed by atoms with Gasteiger partial charge in [-0.25, -0.2) is 4.39 Å². The molecule has 0 fully saturated rings. The lowest BCUT2D eigenvalue weighted by Crippen LogP contribution is -2.06. The summed E-state index contributed by atoms with van der Waals surface area (Å²) in [5.41, 5.74) is -0.322. The van der Waals surface area contributed by atoms with E-state index in [0.717, 1.165) is 12.1 Å². The quantitative estimate of drug-likeness (QED) is 0.272. The Morgan fingerprint density at radius 2 is 1.76 bits per heavy atom. The third-order valence-electron chi connectivity index (χ3n) is 2.82. The van der Waals surface area contributed by atoms with Crippen LogP contribution in [-0.2, 0) is 6.18 Å². The van der Waals surface area contributed by atoms with Gasteiger partial charge in [0, 0.05) is 10.0 Å². The Kier molecular flexibility index (Phi) is 5.00. The fourth-order valence-electron chi connectivity index (χ4n) is 1.78. The fraction of sp³-hybridized carbons (Fsp3) is 0.143. The summed E-state index contributed by atoms with van der Waals surface area (Å²) in [7, 11) is 0.